The molecule has 28 heavy (non-hydrogen) atoms. The van der Waals surface area contributed by atoms with E-state index in [2.05, 4.69) is 27.9 Å². The molecule has 3 rings (SSSR count). The van der Waals surface area contributed by atoms with Gasteiger partial charge in [0.15, 0.2) is 6.61 Å². The number of carboxylic acids is 1. The number of rotatable bonds is 6. The van der Waals surface area contributed by atoms with Crippen LogP contribution in [0.4, 0.5) is 4.39 Å². The molecule has 0 atom stereocenters. The van der Waals surface area contributed by atoms with Gasteiger partial charge in [-0.2, -0.15) is 0 Å². The van der Waals surface area contributed by atoms with Crippen molar-refractivity contribution in [1.29, 1.82) is 0 Å². The first kappa shape index (κ1) is 21.3. The van der Waals surface area contributed by atoms with Gasteiger partial charge >= 0.3 is 5.97 Å². The zero-order valence-electron chi connectivity index (χ0n) is 15.2. The second-order valence-electron chi connectivity index (χ2n) is 5.61. The topological polar surface area (TPSA) is 84.3 Å². The number of carbonyl (C=O) groups is 1. The Morgan fingerprint density at radius 3 is 2.54 bits per heavy atom. The lowest BCUT2D eigenvalue weighted by molar-refractivity contribution is -0.139. The van der Waals surface area contributed by atoms with Crippen LogP contribution in [0.3, 0.4) is 0 Å². The molecule has 6 nitrogen and oxygen atoms in total. The van der Waals surface area contributed by atoms with Gasteiger partial charge in [0.1, 0.15) is 11.6 Å². The Labute approximate surface area is 167 Å². The van der Waals surface area contributed by atoms with Crippen molar-refractivity contribution in [3.8, 4) is 17.0 Å². The van der Waals surface area contributed by atoms with Crippen molar-refractivity contribution in [3.63, 3.8) is 0 Å². The van der Waals surface area contributed by atoms with Crippen molar-refractivity contribution in [2.75, 3.05) is 13.7 Å². The number of nitrogens with one attached hydrogen (secondary N) is 1. The van der Waals surface area contributed by atoms with Crippen LogP contribution in [-0.4, -0.2) is 34.7 Å². The standard InChI is InChI=1S/C14H15N3O3.C6H5FS/c1-15-7-10-2-3-13(20-9-14(18)19)11(6-10)12-8-16-4-5-17-12;7-5-1-3-6(8)4-2-5/h2-6,8,15H,7,9H2,1H3,(H,18,19);1-4,8H. The monoisotopic (exact) mass is 401 g/mol. The van der Waals surface area contributed by atoms with E-state index in [9.17, 15) is 9.18 Å². The number of aliphatic carboxylic acids is 1. The highest BCUT2D eigenvalue weighted by Gasteiger charge is 2.10. The molecule has 0 aliphatic rings. The molecule has 0 fully saturated rings. The third-order valence-corrected chi connectivity index (χ3v) is 3.74. The smallest absolute Gasteiger partial charge is 0.341 e. The Morgan fingerprint density at radius 2 is 1.96 bits per heavy atom. The summed E-state index contributed by atoms with van der Waals surface area (Å²) in [6.07, 6.45) is 4.78. The fourth-order valence-electron chi connectivity index (χ4n) is 2.24. The van der Waals surface area contributed by atoms with Crippen LogP contribution in [0.25, 0.3) is 11.3 Å². The number of benzene rings is 2. The molecule has 1 aromatic heterocycles. The number of hydrogen-bond acceptors (Lipinski definition) is 6. The summed E-state index contributed by atoms with van der Waals surface area (Å²) in [5.41, 5.74) is 2.42. The molecule has 0 bridgehead atoms. The molecule has 2 N–H and O–H groups in total. The van der Waals surface area contributed by atoms with Gasteiger partial charge in [-0.05, 0) is 49.0 Å². The third-order valence-electron chi connectivity index (χ3n) is 3.44. The van der Waals surface area contributed by atoms with E-state index in [-0.39, 0.29) is 5.82 Å². The largest absolute Gasteiger partial charge is 0.481 e. The van der Waals surface area contributed by atoms with E-state index in [1.807, 2.05) is 19.2 Å². The predicted molar refractivity (Wildman–Crippen MR) is 107 cm³/mol. The van der Waals surface area contributed by atoms with Crippen LogP contribution in [-0.2, 0) is 11.3 Å². The lowest BCUT2D eigenvalue weighted by Crippen LogP contribution is -2.11. The number of halogens is 1. The Kier molecular flexibility index (Phi) is 8.38. The highest BCUT2D eigenvalue weighted by molar-refractivity contribution is 7.80. The highest BCUT2D eigenvalue weighted by Crippen LogP contribution is 2.29. The maximum atomic E-state index is 12.1. The second kappa shape index (κ2) is 11.0. The first-order chi connectivity index (χ1) is 13.5. The number of aromatic nitrogens is 2. The van der Waals surface area contributed by atoms with Crippen LogP contribution in [0.5, 0.6) is 5.75 Å². The fraction of sp³-hybridized carbons (Fsp3) is 0.150. The van der Waals surface area contributed by atoms with Crippen LogP contribution < -0.4 is 10.1 Å². The summed E-state index contributed by atoms with van der Waals surface area (Å²) in [5, 5.41) is 11.8. The van der Waals surface area contributed by atoms with Crippen molar-refractivity contribution in [3.05, 3.63) is 72.4 Å². The SMILES string of the molecule is CNCc1ccc(OCC(=O)O)c(-c2cnccn2)c1.Fc1ccc(S)cc1. The van der Waals surface area contributed by atoms with Gasteiger partial charge in [0, 0.05) is 29.4 Å². The number of hydrogen-bond donors (Lipinski definition) is 3. The van der Waals surface area contributed by atoms with Gasteiger partial charge in [0.25, 0.3) is 0 Å². The van der Waals surface area contributed by atoms with E-state index in [1.165, 1.54) is 12.1 Å². The van der Waals surface area contributed by atoms with Crippen LogP contribution >= 0.6 is 12.6 Å². The minimum absolute atomic E-state index is 0.220. The maximum Gasteiger partial charge on any atom is 0.341 e. The molecule has 0 saturated heterocycles. The Balaban J connectivity index is 0.000000292. The van der Waals surface area contributed by atoms with Crippen molar-refractivity contribution < 1.29 is 19.0 Å². The zero-order chi connectivity index (χ0) is 20.4. The highest BCUT2D eigenvalue weighted by atomic mass is 32.1. The molecule has 0 aliphatic carbocycles. The molecule has 0 aliphatic heterocycles. The molecular formula is C20H20FN3O3S. The molecule has 0 radical (unpaired) electrons. The summed E-state index contributed by atoms with van der Waals surface area (Å²) in [4.78, 5) is 19.7. The number of nitrogens with zero attached hydrogens (tertiary/aromatic N) is 2. The van der Waals surface area contributed by atoms with Crippen LogP contribution in [0, 0.1) is 5.82 Å². The van der Waals surface area contributed by atoms with Crippen molar-refractivity contribution in [2.45, 2.75) is 11.4 Å². The molecule has 0 unspecified atom stereocenters. The molecule has 0 saturated carbocycles. The average molecular weight is 401 g/mol. The summed E-state index contributed by atoms with van der Waals surface area (Å²) >= 11 is 3.97. The van der Waals surface area contributed by atoms with Crippen LogP contribution in [0.2, 0.25) is 0 Å². The molecule has 0 spiro atoms. The van der Waals surface area contributed by atoms with Crippen molar-refractivity contribution in [2.24, 2.45) is 0 Å². The lowest BCUT2D eigenvalue weighted by Gasteiger charge is -2.11. The van der Waals surface area contributed by atoms with Gasteiger partial charge in [-0.25, -0.2) is 9.18 Å². The van der Waals surface area contributed by atoms with Gasteiger partial charge in [-0.1, -0.05) is 6.07 Å². The Bertz CT molecular complexity index is 872. The predicted octanol–water partition coefficient (Wildman–Crippen LogP) is 3.44. The summed E-state index contributed by atoms with van der Waals surface area (Å²) in [7, 11) is 1.86. The van der Waals surface area contributed by atoms with Crippen molar-refractivity contribution >= 4 is 18.6 Å². The summed E-state index contributed by atoms with van der Waals surface area (Å²) in [5.74, 6) is -0.759. The van der Waals surface area contributed by atoms with E-state index < -0.39 is 12.6 Å². The van der Waals surface area contributed by atoms with E-state index in [0.29, 0.717) is 18.0 Å². The van der Waals surface area contributed by atoms with Gasteiger partial charge in [0.05, 0.1) is 11.9 Å². The first-order valence-electron chi connectivity index (χ1n) is 8.32. The molecule has 2 aromatic carbocycles. The minimum atomic E-state index is -1.02. The Morgan fingerprint density at radius 1 is 1.21 bits per heavy atom. The summed E-state index contributed by atoms with van der Waals surface area (Å²) in [6.45, 7) is 0.311. The molecule has 8 heteroatoms. The summed E-state index contributed by atoms with van der Waals surface area (Å²) in [6, 6.07) is 11.5. The van der Waals surface area contributed by atoms with E-state index in [1.54, 1.807) is 36.8 Å². The van der Waals surface area contributed by atoms with E-state index in [4.69, 9.17) is 9.84 Å². The van der Waals surface area contributed by atoms with Crippen LogP contribution in [0.1, 0.15) is 5.56 Å². The van der Waals surface area contributed by atoms with Gasteiger partial charge in [-0.3, -0.25) is 9.97 Å². The lowest BCUT2D eigenvalue weighted by atomic mass is 10.1. The quantitative estimate of drug-likeness (QED) is 0.549. The van der Waals surface area contributed by atoms with Gasteiger partial charge < -0.3 is 15.2 Å². The van der Waals surface area contributed by atoms with Gasteiger partial charge in [0.2, 0.25) is 0 Å². The molecule has 0 amide bonds. The minimum Gasteiger partial charge on any atom is -0.481 e. The molecule has 1 heterocycles. The van der Waals surface area contributed by atoms with Gasteiger partial charge in [-0.15, -0.1) is 12.6 Å². The number of ether oxygens (including phenoxy) is 1. The zero-order valence-corrected chi connectivity index (χ0v) is 16.1. The van der Waals surface area contributed by atoms with Crippen molar-refractivity contribution in [1.82, 2.24) is 15.3 Å². The molecular weight excluding hydrogens is 381 g/mol. The Hall–Kier alpha value is -2.97. The number of thiol groups is 1. The average Bonchev–Trinajstić information content (AvgIpc) is 2.70. The summed E-state index contributed by atoms with van der Waals surface area (Å²) < 4.78 is 17.4. The maximum absolute atomic E-state index is 12.1. The van der Waals surface area contributed by atoms with E-state index in [0.717, 1.165) is 16.0 Å². The molecule has 146 valence electrons. The number of carboxylic acid groups (broad SMARTS) is 1. The normalized spacial score (nSPS) is 9.96. The second-order valence-corrected chi connectivity index (χ2v) is 6.13. The first-order valence-corrected chi connectivity index (χ1v) is 8.77. The van der Waals surface area contributed by atoms with Crippen LogP contribution in [0.15, 0.2) is 66.0 Å². The van der Waals surface area contributed by atoms with E-state index >= 15 is 0 Å². The third kappa shape index (κ3) is 6.98. The fourth-order valence-corrected chi connectivity index (χ4v) is 2.39. The molecule has 3 aromatic rings.